The van der Waals surface area contributed by atoms with E-state index in [0.29, 0.717) is 63.0 Å². The molecule has 0 bridgehead atoms. The number of aryl methyl sites for hydroxylation is 1. The molecule has 50 heavy (non-hydrogen) atoms. The van der Waals surface area contributed by atoms with Gasteiger partial charge < -0.3 is 35.2 Å². The second kappa shape index (κ2) is 18.3. The highest BCUT2D eigenvalue weighted by Crippen LogP contribution is 2.39. The van der Waals surface area contributed by atoms with E-state index >= 15 is 0 Å². The number of carbonyl (C=O) groups is 3. The number of carbonyl (C=O) groups excluding carboxylic acids is 2. The fourth-order valence-electron chi connectivity index (χ4n) is 5.80. The first-order valence-electron chi connectivity index (χ1n) is 16.4. The largest absolute Gasteiger partial charge is 0.506 e. The summed E-state index contributed by atoms with van der Waals surface area (Å²) in [5.74, 6) is -1.66. The van der Waals surface area contributed by atoms with Crippen molar-refractivity contribution in [3.8, 4) is 22.9 Å². The summed E-state index contributed by atoms with van der Waals surface area (Å²) in [5, 5.41) is 35.0. The van der Waals surface area contributed by atoms with Crippen molar-refractivity contribution >= 4 is 23.5 Å². The van der Waals surface area contributed by atoms with Gasteiger partial charge in [0.2, 0.25) is 5.91 Å². The highest BCUT2D eigenvalue weighted by molar-refractivity contribution is 5.97. The molecular weight excluding hydrogens is 663 g/mol. The standard InChI is InChI=1S/C31H41N7O5.C2HF3O2/c1-37-31(34-35-36-37)24-7-5-6-22(20-24)13-18-42-19-14-28(41)38(25-8-3-2-4-9-25)17-16-32-15-12-23-10-11-26(39)29-30(23)43-21-27(40)33-29;3-2(4,5)1(6)7/h5-7,10-11,20,25,32,39H,2-4,8-9,12-19,21H2,1H3,(H,33,40);(H,6,7). The van der Waals surface area contributed by atoms with Crippen molar-refractivity contribution in [2.75, 3.05) is 44.8 Å². The van der Waals surface area contributed by atoms with Crippen LogP contribution in [0.5, 0.6) is 11.5 Å². The number of phenolic OH excluding ortho intramolecular Hbond substituents is 1. The van der Waals surface area contributed by atoms with Crippen molar-refractivity contribution in [1.82, 2.24) is 30.4 Å². The van der Waals surface area contributed by atoms with Crippen LogP contribution in [0.2, 0.25) is 0 Å². The molecule has 2 aliphatic rings. The Morgan fingerprint density at radius 3 is 2.58 bits per heavy atom. The number of hydrogen-bond acceptors (Lipinski definition) is 10. The van der Waals surface area contributed by atoms with Gasteiger partial charge in [0.25, 0.3) is 5.91 Å². The quantitative estimate of drug-likeness (QED) is 0.142. The number of ether oxygens (including phenoxy) is 2. The molecule has 17 heteroatoms. The van der Waals surface area contributed by atoms with Crippen molar-refractivity contribution < 1.29 is 47.2 Å². The Bertz CT molecular complexity index is 1600. The normalized spacial score (nSPS) is 14.5. The number of nitrogens with zero attached hydrogens (tertiary/aromatic N) is 5. The first kappa shape index (κ1) is 38.0. The van der Waals surface area contributed by atoms with Crippen LogP contribution < -0.4 is 15.4 Å². The number of tetrazole rings is 1. The van der Waals surface area contributed by atoms with Gasteiger partial charge in [-0.3, -0.25) is 9.59 Å². The molecule has 0 radical (unpaired) electrons. The third-order valence-corrected chi connectivity index (χ3v) is 8.31. The summed E-state index contributed by atoms with van der Waals surface area (Å²) in [4.78, 5) is 35.9. The highest BCUT2D eigenvalue weighted by Gasteiger charge is 2.38. The zero-order chi connectivity index (χ0) is 36.1. The molecule has 1 aromatic heterocycles. The number of nitrogens with one attached hydrogen (secondary N) is 2. The van der Waals surface area contributed by atoms with Crippen molar-refractivity contribution in [3.63, 3.8) is 0 Å². The van der Waals surface area contributed by atoms with Gasteiger partial charge in [-0.1, -0.05) is 43.5 Å². The van der Waals surface area contributed by atoms with Crippen LogP contribution in [0.1, 0.15) is 49.7 Å². The number of carboxylic acids is 1. The number of phenols is 1. The highest BCUT2D eigenvalue weighted by atomic mass is 19.4. The third-order valence-electron chi connectivity index (χ3n) is 8.31. The SMILES string of the molecule is Cn1nnnc1-c1cccc(CCOCCC(=O)N(CCNCCc2ccc(O)c3c2OCC(=O)N3)C2CCCCC2)c1.O=C(O)C(F)(F)F. The topological polar surface area (TPSA) is 181 Å². The van der Waals surface area contributed by atoms with E-state index in [1.165, 1.54) is 6.42 Å². The number of alkyl halides is 3. The number of anilines is 1. The number of aromatic nitrogens is 4. The van der Waals surface area contributed by atoms with E-state index in [1.807, 2.05) is 25.2 Å². The summed E-state index contributed by atoms with van der Waals surface area (Å²) in [5.41, 5.74) is 3.33. The lowest BCUT2D eigenvalue weighted by atomic mass is 9.94. The Morgan fingerprint density at radius 1 is 1.12 bits per heavy atom. The third kappa shape index (κ3) is 11.1. The van der Waals surface area contributed by atoms with Crippen LogP contribution in [-0.2, 0) is 39.0 Å². The van der Waals surface area contributed by atoms with E-state index < -0.39 is 12.1 Å². The van der Waals surface area contributed by atoms with Gasteiger partial charge in [-0.15, -0.1) is 5.10 Å². The number of benzene rings is 2. The fraction of sp³-hybridized carbons (Fsp3) is 0.515. The Hall–Kier alpha value is -4.77. The average Bonchev–Trinajstić information content (AvgIpc) is 3.53. The summed E-state index contributed by atoms with van der Waals surface area (Å²) in [7, 11) is 1.82. The molecule has 0 spiro atoms. The molecule has 3 aromatic rings. The molecule has 1 aliphatic carbocycles. The molecule has 272 valence electrons. The predicted molar refractivity (Wildman–Crippen MR) is 174 cm³/mol. The molecule has 2 heterocycles. The van der Waals surface area contributed by atoms with Crippen LogP contribution >= 0.6 is 0 Å². The van der Waals surface area contributed by atoms with E-state index in [9.17, 15) is 27.9 Å². The number of fused-ring (bicyclic) bond motifs is 1. The zero-order valence-corrected chi connectivity index (χ0v) is 27.7. The Kier molecular flexibility index (Phi) is 13.9. The van der Waals surface area contributed by atoms with Gasteiger partial charge in [0.05, 0.1) is 19.6 Å². The second-order valence-electron chi connectivity index (χ2n) is 11.9. The summed E-state index contributed by atoms with van der Waals surface area (Å²) < 4.78 is 44.9. The minimum absolute atomic E-state index is 0.00402. The summed E-state index contributed by atoms with van der Waals surface area (Å²) in [6.07, 6.45) is 2.33. The number of rotatable bonds is 14. The first-order chi connectivity index (χ1) is 23.9. The molecule has 1 fully saturated rings. The Balaban J connectivity index is 0.000000727. The van der Waals surface area contributed by atoms with Crippen LogP contribution in [0.15, 0.2) is 36.4 Å². The fourth-order valence-corrected chi connectivity index (χ4v) is 5.80. The maximum atomic E-state index is 13.3. The van der Waals surface area contributed by atoms with Crippen molar-refractivity contribution in [1.29, 1.82) is 0 Å². The lowest BCUT2D eigenvalue weighted by Crippen LogP contribution is -2.45. The van der Waals surface area contributed by atoms with Gasteiger partial charge >= 0.3 is 12.1 Å². The van der Waals surface area contributed by atoms with E-state index in [0.717, 1.165) is 48.8 Å². The monoisotopic (exact) mass is 705 g/mol. The number of aromatic hydroxyl groups is 1. The summed E-state index contributed by atoms with van der Waals surface area (Å²) >= 11 is 0. The molecule has 5 rings (SSSR count). The molecule has 1 saturated carbocycles. The number of hydrogen-bond donors (Lipinski definition) is 4. The van der Waals surface area contributed by atoms with Gasteiger partial charge in [0, 0.05) is 31.7 Å². The lowest BCUT2D eigenvalue weighted by molar-refractivity contribution is -0.192. The molecular formula is C33H42F3N7O7. The van der Waals surface area contributed by atoms with Crippen LogP contribution in [0.25, 0.3) is 11.4 Å². The van der Waals surface area contributed by atoms with Gasteiger partial charge in [-0.2, -0.15) is 13.2 Å². The van der Waals surface area contributed by atoms with Gasteiger partial charge in [0.15, 0.2) is 18.2 Å². The Labute approximate surface area is 286 Å². The molecule has 0 saturated heterocycles. The van der Waals surface area contributed by atoms with E-state index in [-0.39, 0.29) is 30.2 Å². The molecule has 0 atom stereocenters. The van der Waals surface area contributed by atoms with E-state index in [2.05, 4.69) is 43.2 Å². The van der Waals surface area contributed by atoms with Crippen LogP contribution in [0.3, 0.4) is 0 Å². The number of carboxylic acid groups (broad SMARTS) is 1. The number of halogens is 3. The van der Waals surface area contributed by atoms with Crippen molar-refractivity contribution in [2.24, 2.45) is 7.05 Å². The van der Waals surface area contributed by atoms with E-state index in [1.54, 1.807) is 10.7 Å². The molecule has 0 unspecified atom stereocenters. The first-order valence-corrected chi connectivity index (χ1v) is 16.4. The van der Waals surface area contributed by atoms with Gasteiger partial charge in [0.1, 0.15) is 11.4 Å². The van der Waals surface area contributed by atoms with Crippen LogP contribution in [-0.4, -0.2) is 105 Å². The van der Waals surface area contributed by atoms with Crippen molar-refractivity contribution in [2.45, 2.75) is 63.6 Å². The summed E-state index contributed by atoms with van der Waals surface area (Å²) in [6, 6.07) is 11.8. The van der Waals surface area contributed by atoms with Crippen LogP contribution in [0.4, 0.5) is 18.9 Å². The molecule has 4 N–H and O–H groups in total. The summed E-state index contributed by atoms with van der Waals surface area (Å²) in [6.45, 7) is 2.87. The van der Waals surface area contributed by atoms with Gasteiger partial charge in [-0.05, 0) is 65.9 Å². The number of amides is 2. The second-order valence-corrected chi connectivity index (χ2v) is 11.9. The van der Waals surface area contributed by atoms with Crippen molar-refractivity contribution in [3.05, 3.63) is 47.5 Å². The molecule has 14 nitrogen and oxygen atoms in total. The van der Waals surface area contributed by atoms with Crippen LogP contribution in [0, 0.1) is 0 Å². The minimum Gasteiger partial charge on any atom is -0.506 e. The lowest BCUT2D eigenvalue weighted by Gasteiger charge is -2.34. The smallest absolute Gasteiger partial charge is 0.490 e. The number of aliphatic carboxylic acids is 1. The average molecular weight is 706 g/mol. The van der Waals surface area contributed by atoms with E-state index in [4.69, 9.17) is 19.4 Å². The maximum absolute atomic E-state index is 13.3. The Morgan fingerprint density at radius 2 is 1.88 bits per heavy atom. The van der Waals surface area contributed by atoms with Gasteiger partial charge in [-0.25, -0.2) is 9.48 Å². The predicted octanol–water partition coefficient (Wildman–Crippen LogP) is 3.49. The zero-order valence-electron chi connectivity index (χ0n) is 27.7. The maximum Gasteiger partial charge on any atom is 0.490 e. The molecule has 2 aromatic carbocycles. The molecule has 2 amide bonds. The minimum atomic E-state index is -5.08. The molecule has 1 aliphatic heterocycles.